The predicted molar refractivity (Wildman–Crippen MR) is 118 cm³/mol. The molecular weight excluding hydrogens is 396 g/mol. The van der Waals surface area contributed by atoms with Gasteiger partial charge in [-0.25, -0.2) is 8.78 Å². The second-order valence-corrected chi connectivity index (χ2v) is 9.78. The normalized spacial score (nSPS) is 22.6. The quantitative estimate of drug-likeness (QED) is 0.690. The molecule has 1 aliphatic carbocycles. The fourth-order valence-corrected chi connectivity index (χ4v) is 5.05. The molecule has 2 heterocycles. The van der Waals surface area contributed by atoms with Crippen LogP contribution in [0, 0.1) is 24.5 Å². The number of benzene rings is 1. The highest BCUT2D eigenvalue weighted by Crippen LogP contribution is 2.41. The number of aryl methyl sites for hydroxylation is 1. The van der Waals surface area contributed by atoms with Gasteiger partial charge in [-0.3, -0.25) is 14.7 Å². The van der Waals surface area contributed by atoms with E-state index in [0.717, 1.165) is 48.8 Å². The monoisotopic (exact) mass is 427 g/mol. The lowest BCUT2D eigenvalue weighted by Crippen LogP contribution is -2.42. The minimum Gasteiger partial charge on any atom is -0.309 e. The van der Waals surface area contributed by atoms with Gasteiger partial charge < -0.3 is 4.90 Å². The molecule has 1 aromatic carbocycles. The largest absolute Gasteiger partial charge is 0.309 e. The predicted octanol–water partition coefficient (Wildman–Crippen LogP) is 4.98. The number of amides is 1. The van der Waals surface area contributed by atoms with Crippen LogP contribution in [-0.4, -0.2) is 35.4 Å². The van der Waals surface area contributed by atoms with Gasteiger partial charge in [-0.05, 0) is 57.9 Å². The Labute approximate surface area is 183 Å². The van der Waals surface area contributed by atoms with Crippen molar-refractivity contribution < 1.29 is 13.6 Å². The molecule has 1 saturated carbocycles. The topological polar surface area (TPSA) is 36.4 Å². The maximum absolute atomic E-state index is 14.0. The molecule has 0 N–H and O–H groups in total. The van der Waals surface area contributed by atoms with Crippen molar-refractivity contribution in [2.24, 2.45) is 5.92 Å². The van der Waals surface area contributed by atoms with Crippen LogP contribution in [0.2, 0.25) is 0 Å². The molecule has 2 aliphatic rings. The minimum absolute atomic E-state index is 0.00950. The molecular formula is C25H31F2N3O. The average Bonchev–Trinajstić information content (AvgIpc) is 3.00. The van der Waals surface area contributed by atoms with Crippen LogP contribution in [0.5, 0.6) is 0 Å². The molecule has 4 rings (SSSR count). The van der Waals surface area contributed by atoms with E-state index in [2.05, 4.69) is 18.7 Å². The van der Waals surface area contributed by atoms with Crippen molar-refractivity contribution in [3.05, 3.63) is 58.9 Å². The zero-order chi connectivity index (χ0) is 22.3. The summed E-state index contributed by atoms with van der Waals surface area (Å²) >= 11 is 0. The van der Waals surface area contributed by atoms with Gasteiger partial charge in [-0.15, -0.1) is 0 Å². The molecule has 2 aromatic rings. The van der Waals surface area contributed by atoms with Crippen LogP contribution >= 0.6 is 0 Å². The van der Waals surface area contributed by atoms with E-state index in [1.165, 1.54) is 12.1 Å². The van der Waals surface area contributed by atoms with Gasteiger partial charge in [0.2, 0.25) is 5.91 Å². The van der Waals surface area contributed by atoms with Crippen LogP contribution in [0.1, 0.15) is 56.5 Å². The van der Waals surface area contributed by atoms with E-state index in [0.29, 0.717) is 24.7 Å². The Morgan fingerprint density at radius 2 is 1.87 bits per heavy atom. The molecule has 4 nitrogen and oxygen atoms in total. The first kappa shape index (κ1) is 21.9. The number of halogens is 2. The third-order valence-electron chi connectivity index (χ3n) is 6.87. The molecule has 0 radical (unpaired) electrons. The molecule has 0 unspecified atom stereocenters. The number of hydrogen-bond donors (Lipinski definition) is 0. The minimum atomic E-state index is -0.556. The summed E-state index contributed by atoms with van der Waals surface area (Å²) in [5.74, 6) is -0.853. The van der Waals surface area contributed by atoms with Crippen molar-refractivity contribution in [1.82, 2.24) is 9.88 Å². The molecule has 1 amide bonds. The zero-order valence-electron chi connectivity index (χ0n) is 18.8. The first-order chi connectivity index (χ1) is 14.7. The van der Waals surface area contributed by atoms with E-state index < -0.39 is 11.6 Å². The maximum atomic E-state index is 14.0. The summed E-state index contributed by atoms with van der Waals surface area (Å²) in [6.45, 7) is 7.38. The summed E-state index contributed by atoms with van der Waals surface area (Å²) in [5.41, 5.74) is 3.29. The van der Waals surface area contributed by atoms with Crippen molar-refractivity contribution in [2.45, 2.75) is 64.5 Å². The van der Waals surface area contributed by atoms with Gasteiger partial charge in [-0.2, -0.15) is 0 Å². The molecule has 1 fully saturated rings. The molecule has 0 bridgehead atoms. The number of anilines is 1. The highest BCUT2D eigenvalue weighted by molar-refractivity contribution is 5.97. The molecule has 31 heavy (non-hydrogen) atoms. The molecule has 0 saturated heterocycles. The van der Waals surface area contributed by atoms with E-state index in [9.17, 15) is 13.6 Å². The van der Waals surface area contributed by atoms with Gasteiger partial charge in [0.1, 0.15) is 11.6 Å². The smallest absolute Gasteiger partial charge is 0.230 e. The van der Waals surface area contributed by atoms with Gasteiger partial charge in [0.25, 0.3) is 0 Å². The first-order valence-corrected chi connectivity index (χ1v) is 11.1. The summed E-state index contributed by atoms with van der Waals surface area (Å²) in [6.07, 6.45) is 3.44. The van der Waals surface area contributed by atoms with Crippen molar-refractivity contribution in [3.63, 3.8) is 0 Å². The number of carbonyl (C=O) groups excluding carboxylic acids is 1. The standard InChI is InChI=1S/C25H31F2N3O/c1-16-5-12-22-23(28-16)25(2,3)15-30(22)24(31)17-7-10-20(11-8-17)29(4)14-18-6-9-19(26)13-21(18)27/h5-6,9,12-13,17,20H,7-8,10-11,14-15H2,1-4H3/t17-,20-. The lowest BCUT2D eigenvalue weighted by molar-refractivity contribution is -0.123. The lowest BCUT2D eigenvalue weighted by atomic mass is 9.84. The highest BCUT2D eigenvalue weighted by atomic mass is 19.1. The third kappa shape index (κ3) is 4.36. The number of hydrogen-bond acceptors (Lipinski definition) is 3. The van der Waals surface area contributed by atoms with Crippen LogP contribution in [0.4, 0.5) is 14.5 Å². The third-order valence-corrected chi connectivity index (χ3v) is 6.87. The summed E-state index contributed by atoms with van der Waals surface area (Å²) in [5, 5.41) is 0. The van der Waals surface area contributed by atoms with E-state index in [1.807, 2.05) is 31.0 Å². The number of fused-ring (bicyclic) bond motifs is 1. The van der Waals surface area contributed by atoms with E-state index in [-0.39, 0.29) is 17.2 Å². The Morgan fingerprint density at radius 1 is 1.16 bits per heavy atom. The number of nitrogens with zero attached hydrogens (tertiary/aromatic N) is 3. The molecule has 166 valence electrons. The molecule has 6 heteroatoms. The second-order valence-electron chi connectivity index (χ2n) is 9.78. The van der Waals surface area contributed by atoms with Crippen molar-refractivity contribution >= 4 is 11.6 Å². The number of rotatable bonds is 4. The van der Waals surface area contributed by atoms with Gasteiger partial charge in [-0.1, -0.05) is 19.9 Å². The number of aromatic nitrogens is 1. The van der Waals surface area contributed by atoms with Gasteiger partial charge in [0, 0.05) is 47.8 Å². The summed E-state index contributed by atoms with van der Waals surface area (Å²) in [7, 11) is 1.98. The Kier molecular flexibility index (Phi) is 5.86. The Morgan fingerprint density at radius 3 is 2.55 bits per heavy atom. The van der Waals surface area contributed by atoms with Crippen LogP contribution in [-0.2, 0) is 16.8 Å². The van der Waals surface area contributed by atoms with Crippen molar-refractivity contribution in [1.29, 1.82) is 0 Å². The molecule has 1 aliphatic heterocycles. The van der Waals surface area contributed by atoms with Crippen LogP contribution in [0.15, 0.2) is 30.3 Å². The number of carbonyl (C=O) groups is 1. The zero-order valence-corrected chi connectivity index (χ0v) is 18.8. The number of pyridine rings is 1. The van der Waals surface area contributed by atoms with Crippen LogP contribution in [0.3, 0.4) is 0 Å². The van der Waals surface area contributed by atoms with Crippen molar-refractivity contribution in [2.75, 3.05) is 18.5 Å². The van der Waals surface area contributed by atoms with Crippen LogP contribution < -0.4 is 4.90 Å². The van der Waals surface area contributed by atoms with Gasteiger partial charge >= 0.3 is 0 Å². The highest BCUT2D eigenvalue weighted by Gasteiger charge is 2.42. The first-order valence-electron chi connectivity index (χ1n) is 11.1. The van der Waals surface area contributed by atoms with Gasteiger partial charge in [0.05, 0.1) is 11.4 Å². The second kappa shape index (κ2) is 8.30. The Hall–Kier alpha value is -2.34. The van der Waals surface area contributed by atoms with Gasteiger partial charge in [0.15, 0.2) is 0 Å². The summed E-state index contributed by atoms with van der Waals surface area (Å²) < 4.78 is 27.2. The summed E-state index contributed by atoms with van der Waals surface area (Å²) in [4.78, 5) is 22.2. The molecule has 0 spiro atoms. The lowest BCUT2D eigenvalue weighted by Gasteiger charge is -2.35. The van der Waals surface area contributed by atoms with E-state index in [1.54, 1.807) is 0 Å². The SMILES string of the molecule is Cc1ccc2c(n1)C(C)(C)CN2C(=O)[C@H]1CC[C@H](N(C)Cc2ccc(F)cc2F)CC1. The Balaban J connectivity index is 1.38. The van der Waals surface area contributed by atoms with Crippen LogP contribution in [0.25, 0.3) is 0 Å². The maximum Gasteiger partial charge on any atom is 0.230 e. The average molecular weight is 428 g/mol. The summed E-state index contributed by atoms with van der Waals surface area (Å²) in [6, 6.07) is 8.04. The fraction of sp³-hybridized carbons (Fsp3) is 0.520. The van der Waals surface area contributed by atoms with E-state index >= 15 is 0 Å². The molecule has 0 atom stereocenters. The molecule has 1 aromatic heterocycles. The fourth-order valence-electron chi connectivity index (χ4n) is 5.05. The Bertz CT molecular complexity index is 983. The van der Waals surface area contributed by atoms with E-state index in [4.69, 9.17) is 4.98 Å². The van der Waals surface area contributed by atoms with Crippen molar-refractivity contribution in [3.8, 4) is 0 Å².